The molecule has 0 saturated heterocycles. The maximum atomic E-state index is 10.7. The molecule has 4 heteroatoms. The minimum Gasteiger partial charge on any atom is -0.481 e. The summed E-state index contributed by atoms with van der Waals surface area (Å²) >= 11 is 6.33. The Bertz CT molecular complexity index is 628. The average Bonchev–Trinajstić information content (AvgIpc) is 2.53. The Hall–Kier alpha value is -2.00. The van der Waals surface area contributed by atoms with Crippen LogP contribution in [-0.2, 0) is 4.79 Å². The molecule has 2 rings (SSSR count). The van der Waals surface area contributed by atoms with Crippen molar-refractivity contribution in [3.63, 3.8) is 0 Å². The minimum atomic E-state index is -0.821. The number of hydrogen-bond acceptors (Lipinski definition) is 2. The molecule has 0 fully saturated rings. The van der Waals surface area contributed by atoms with Crippen LogP contribution in [-0.4, -0.2) is 17.6 Å². The molecule has 0 bridgehead atoms. The van der Waals surface area contributed by atoms with E-state index in [0.29, 0.717) is 6.42 Å². The van der Waals surface area contributed by atoms with E-state index in [4.69, 9.17) is 16.7 Å². The SMILES string of the molecule is CCNc1cc(C(Cl)CCC(=O)O)ccc1-c1ccccc1. The normalized spacial score (nSPS) is 11.9. The van der Waals surface area contributed by atoms with Crippen molar-refractivity contribution in [1.82, 2.24) is 0 Å². The van der Waals surface area contributed by atoms with E-state index < -0.39 is 5.97 Å². The number of alkyl halides is 1. The van der Waals surface area contributed by atoms with Crippen molar-refractivity contribution in [2.24, 2.45) is 0 Å². The second kappa shape index (κ2) is 7.85. The molecule has 2 aromatic carbocycles. The van der Waals surface area contributed by atoms with Crippen molar-refractivity contribution < 1.29 is 9.90 Å². The van der Waals surface area contributed by atoms with E-state index in [-0.39, 0.29) is 11.8 Å². The maximum absolute atomic E-state index is 10.7. The quantitative estimate of drug-likeness (QED) is 0.712. The van der Waals surface area contributed by atoms with Gasteiger partial charge in [0.2, 0.25) is 0 Å². The number of carboxylic acid groups (broad SMARTS) is 1. The number of nitrogens with one attached hydrogen (secondary N) is 1. The van der Waals surface area contributed by atoms with E-state index in [2.05, 4.69) is 17.4 Å². The zero-order chi connectivity index (χ0) is 15.9. The topological polar surface area (TPSA) is 49.3 Å². The lowest BCUT2D eigenvalue weighted by molar-refractivity contribution is -0.137. The lowest BCUT2D eigenvalue weighted by Gasteiger charge is -2.15. The van der Waals surface area contributed by atoms with Crippen molar-refractivity contribution in [3.8, 4) is 11.1 Å². The highest BCUT2D eigenvalue weighted by molar-refractivity contribution is 6.21. The largest absolute Gasteiger partial charge is 0.481 e. The molecule has 0 heterocycles. The van der Waals surface area contributed by atoms with Crippen LogP contribution in [0.1, 0.15) is 30.7 Å². The lowest BCUT2D eigenvalue weighted by Crippen LogP contribution is -2.02. The molecule has 0 saturated carbocycles. The van der Waals surface area contributed by atoms with Crippen LogP contribution in [0, 0.1) is 0 Å². The number of hydrogen-bond donors (Lipinski definition) is 2. The number of rotatable bonds is 7. The van der Waals surface area contributed by atoms with Crippen molar-refractivity contribution in [2.45, 2.75) is 25.1 Å². The zero-order valence-electron chi connectivity index (χ0n) is 12.6. The fourth-order valence-corrected chi connectivity index (χ4v) is 2.62. The molecule has 2 aromatic rings. The molecular weight excluding hydrogens is 298 g/mol. The standard InChI is InChI=1S/C18H20ClNO2/c1-2-20-17-12-14(16(19)10-11-18(21)22)8-9-15(17)13-6-4-3-5-7-13/h3-9,12,16,20H,2,10-11H2,1H3,(H,21,22). The predicted octanol–water partition coefficient (Wildman–Crippen LogP) is 4.93. The predicted molar refractivity (Wildman–Crippen MR) is 91.5 cm³/mol. The molecule has 1 unspecified atom stereocenters. The van der Waals surface area contributed by atoms with E-state index in [9.17, 15) is 4.79 Å². The molecule has 116 valence electrons. The third-order valence-corrected chi connectivity index (χ3v) is 3.94. The first-order chi connectivity index (χ1) is 10.6. The number of carboxylic acids is 1. The molecular formula is C18H20ClNO2. The third kappa shape index (κ3) is 4.25. The lowest BCUT2D eigenvalue weighted by atomic mass is 9.99. The first kappa shape index (κ1) is 16.4. The van der Waals surface area contributed by atoms with E-state index in [0.717, 1.165) is 28.9 Å². The molecule has 0 aromatic heterocycles. The molecule has 0 aliphatic carbocycles. The summed E-state index contributed by atoms with van der Waals surface area (Å²) in [6.07, 6.45) is 0.498. The van der Waals surface area contributed by atoms with Gasteiger partial charge < -0.3 is 10.4 Å². The summed E-state index contributed by atoms with van der Waals surface area (Å²) in [5, 5.41) is 11.8. The molecule has 0 aliphatic heterocycles. The highest BCUT2D eigenvalue weighted by atomic mass is 35.5. The smallest absolute Gasteiger partial charge is 0.303 e. The van der Waals surface area contributed by atoms with Gasteiger partial charge in [0, 0.05) is 24.2 Å². The molecule has 1 atom stereocenters. The van der Waals surface area contributed by atoms with Gasteiger partial charge in [0.1, 0.15) is 0 Å². The maximum Gasteiger partial charge on any atom is 0.303 e. The van der Waals surface area contributed by atoms with Crippen LogP contribution in [0.2, 0.25) is 0 Å². The Kier molecular flexibility index (Phi) is 5.84. The summed E-state index contributed by atoms with van der Waals surface area (Å²) in [5.74, 6) is -0.821. The van der Waals surface area contributed by atoms with Gasteiger partial charge in [0.05, 0.1) is 5.38 Å². The van der Waals surface area contributed by atoms with Crippen LogP contribution >= 0.6 is 11.6 Å². The van der Waals surface area contributed by atoms with Gasteiger partial charge in [-0.25, -0.2) is 0 Å². The Labute approximate surface area is 135 Å². The molecule has 0 aliphatic rings. The summed E-state index contributed by atoms with van der Waals surface area (Å²) in [4.78, 5) is 10.7. The fraction of sp³-hybridized carbons (Fsp3) is 0.278. The average molecular weight is 318 g/mol. The highest BCUT2D eigenvalue weighted by Gasteiger charge is 2.13. The van der Waals surface area contributed by atoms with Crippen LogP contribution in [0.25, 0.3) is 11.1 Å². The number of carbonyl (C=O) groups is 1. The number of aliphatic carboxylic acids is 1. The van der Waals surface area contributed by atoms with Crippen LogP contribution in [0.3, 0.4) is 0 Å². The van der Waals surface area contributed by atoms with E-state index in [1.165, 1.54) is 0 Å². The zero-order valence-corrected chi connectivity index (χ0v) is 13.3. The van der Waals surface area contributed by atoms with Crippen LogP contribution in [0.4, 0.5) is 5.69 Å². The minimum absolute atomic E-state index is 0.0745. The summed E-state index contributed by atoms with van der Waals surface area (Å²) in [5.41, 5.74) is 4.22. The summed E-state index contributed by atoms with van der Waals surface area (Å²) in [6.45, 7) is 2.86. The van der Waals surface area contributed by atoms with E-state index in [1.54, 1.807) is 0 Å². The van der Waals surface area contributed by atoms with Gasteiger partial charge in [-0.3, -0.25) is 4.79 Å². The van der Waals surface area contributed by atoms with Crippen LogP contribution < -0.4 is 5.32 Å². The van der Waals surface area contributed by atoms with Gasteiger partial charge in [0.15, 0.2) is 0 Å². The summed E-state index contributed by atoms with van der Waals surface area (Å²) in [7, 11) is 0. The molecule has 0 amide bonds. The van der Waals surface area contributed by atoms with Crippen LogP contribution in [0.5, 0.6) is 0 Å². The van der Waals surface area contributed by atoms with E-state index >= 15 is 0 Å². The van der Waals surface area contributed by atoms with Crippen molar-refractivity contribution in [3.05, 3.63) is 54.1 Å². The molecule has 2 N–H and O–H groups in total. The number of halogens is 1. The van der Waals surface area contributed by atoms with Crippen LogP contribution in [0.15, 0.2) is 48.5 Å². The van der Waals surface area contributed by atoms with Crippen molar-refractivity contribution in [2.75, 3.05) is 11.9 Å². The highest BCUT2D eigenvalue weighted by Crippen LogP contribution is 2.34. The first-order valence-electron chi connectivity index (χ1n) is 7.41. The number of anilines is 1. The Morgan fingerprint density at radius 2 is 1.95 bits per heavy atom. The van der Waals surface area contributed by atoms with E-state index in [1.807, 2.05) is 43.3 Å². The van der Waals surface area contributed by atoms with Gasteiger partial charge in [-0.2, -0.15) is 0 Å². The Morgan fingerprint density at radius 3 is 2.59 bits per heavy atom. The van der Waals surface area contributed by atoms with Gasteiger partial charge in [0.25, 0.3) is 0 Å². The molecule has 3 nitrogen and oxygen atoms in total. The molecule has 0 spiro atoms. The van der Waals surface area contributed by atoms with Crippen molar-refractivity contribution >= 4 is 23.3 Å². The summed E-state index contributed by atoms with van der Waals surface area (Å²) in [6, 6.07) is 16.2. The molecule has 22 heavy (non-hydrogen) atoms. The summed E-state index contributed by atoms with van der Waals surface area (Å²) < 4.78 is 0. The second-order valence-electron chi connectivity index (χ2n) is 5.10. The van der Waals surface area contributed by atoms with Crippen molar-refractivity contribution in [1.29, 1.82) is 0 Å². The third-order valence-electron chi connectivity index (χ3n) is 3.47. The molecule has 0 radical (unpaired) electrons. The van der Waals surface area contributed by atoms with Gasteiger partial charge in [-0.05, 0) is 30.5 Å². The second-order valence-corrected chi connectivity index (χ2v) is 5.63. The Morgan fingerprint density at radius 1 is 1.23 bits per heavy atom. The number of benzene rings is 2. The fourth-order valence-electron chi connectivity index (χ4n) is 2.38. The van der Waals surface area contributed by atoms with Gasteiger partial charge in [-0.1, -0.05) is 42.5 Å². The monoisotopic (exact) mass is 317 g/mol. The van der Waals surface area contributed by atoms with Gasteiger partial charge in [-0.15, -0.1) is 11.6 Å². The first-order valence-corrected chi connectivity index (χ1v) is 7.84. The van der Waals surface area contributed by atoms with Gasteiger partial charge >= 0.3 is 5.97 Å². The Balaban J connectivity index is 2.29.